The van der Waals surface area contributed by atoms with Gasteiger partial charge in [0, 0.05) is 6.42 Å². The van der Waals surface area contributed by atoms with Gasteiger partial charge in [0.25, 0.3) is 0 Å². The van der Waals surface area contributed by atoms with Crippen molar-refractivity contribution in [3.05, 3.63) is 71.8 Å². The van der Waals surface area contributed by atoms with Crippen molar-refractivity contribution in [1.82, 2.24) is 20.2 Å². The molecule has 0 aliphatic carbocycles. The number of benzene rings is 2. The Morgan fingerprint density at radius 3 is 2.54 bits per heavy atom. The van der Waals surface area contributed by atoms with Gasteiger partial charge in [-0.1, -0.05) is 30.3 Å². The minimum absolute atomic E-state index is 0.160. The molecule has 1 aromatic heterocycles. The molecule has 2 aromatic carbocycles. The number of halogens is 1. The summed E-state index contributed by atoms with van der Waals surface area (Å²) >= 11 is 0. The highest BCUT2D eigenvalue weighted by Gasteiger charge is 2.17. The third-order valence-electron chi connectivity index (χ3n) is 3.77. The molecule has 144 valence electrons. The molecule has 0 atom stereocenters. The molecule has 0 spiro atoms. The zero-order chi connectivity index (χ0) is 19.8. The second-order valence-corrected chi connectivity index (χ2v) is 5.87. The lowest BCUT2D eigenvalue weighted by Crippen LogP contribution is -2.16. The van der Waals surface area contributed by atoms with E-state index in [-0.39, 0.29) is 18.1 Å². The minimum atomic E-state index is -0.541. The summed E-state index contributed by atoms with van der Waals surface area (Å²) in [6.07, 6.45) is 2.15. The van der Waals surface area contributed by atoms with Gasteiger partial charge in [0.15, 0.2) is 11.5 Å². The molecular formula is C20H19FN4O3. The highest BCUT2D eigenvalue weighted by atomic mass is 19.1. The number of hydrogen-bond donors (Lipinski definition) is 0. The van der Waals surface area contributed by atoms with Crippen LogP contribution >= 0.6 is 0 Å². The maximum absolute atomic E-state index is 12.9. The minimum Gasteiger partial charge on any atom is -0.493 e. The summed E-state index contributed by atoms with van der Waals surface area (Å²) in [6, 6.07) is 15.1. The Bertz CT molecular complexity index is 940. The van der Waals surface area contributed by atoms with Gasteiger partial charge in [-0.05, 0) is 53.3 Å². The van der Waals surface area contributed by atoms with E-state index in [1.807, 2.05) is 30.3 Å². The number of rotatable bonds is 8. The van der Waals surface area contributed by atoms with E-state index in [2.05, 4.69) is 15.5 Å². The van der Waals surface area contributed by atoms with Gasteiger partial charge < -0.3 is 9.47 Å². The van der Waals surface area contributed by atoms with E-state index in [0.717, 1.165) is 5.56 Å². The van der Waals surface area contributed by atoms with Gasteiger partial charge in [0.1, 0.15) is 11.6 Å². The van der Waals surface area contributed by atoms with Gasteiger partial charge in [-0.3, -0.25) is 0 Å². The lowest BCUT2D eigenvalue weighted by Gasteiger charge is -2.10. The molecule has 3 aromatic rings. The summed E-state index contributed by atoms with van der Waals surface area (Å²) in [4.78, 5) is 12.6. The first-order chi connectivity index (χ1) is 13.6. The predicted molar refractivity (Wildman–Crippen MR) is 101 cm³/mol. The molecular weight excluding hydrogens is 363 g/mol. The van der Waals surface area contributed by atoms with E-state index >= 15 is 0 Å². The molecule has 7 nitrogen and oxygen atoms in total. The molecule has 0 N–H and O–H groups in total. The number of carbonyl (C=O) groups excluding carboxylic acids is 1. The normalized spacial score (nSPS) is 11.3. The second-order valence-electron chi connectivity index (χ2n) is 5.87. The van der Waals surface area contributed by atoms with Crippen LogP contribution in [0.25, 0.3) is 11.8 Å². The Morgan fingerprint density at radius 1 is 1.11 bits per heavy atom. The monoisotopic (exact) mass is 382 g/mol. The summed E-state index contributed by atoms with van der Waals surface area (Å²) in [6.45, 7) is 2.19. The van der Waals surface area contributed by atoms with Crippen molar-refractivity contribution in [3.63, 3.8) is 0 Å². The van der Waals surface area contributed by atoms with E-state index in [4.69, 9.17) is 9.47 Å². The maximum Gasteiger partial charge on any atom is 0.357 e. The molecule has 0 aliphatic heterocycles. The fraction of sp³-hybridized carbons (Fsp3) is 0.200. The van der Waals surface area contributed by atoms with Crippen LogP contribution in [-0.4, -0.2) is 39.4 Å². The van der Waals surface area contributed by atoms with E-state index in [0.29, 0.717) is 24.6 Å². The molecule has 0 unspecified atom stereocenters. The molecule has 0 saturated heterocycles. The average molecular weight is 382 g/mol. The van der Waals surface area contributed by atoms with E-state index in [1.54, 1.807) is 25.1 Å². The number of nitrogens with zero attached hydrogens (tertiary/aromatic N) is 4. The molecule has 0 fully saturated rings. The Hall–Kier alpha value is -3.55. The van der Waals surface area contributed by atoms with Crippen molar-refractivity contribution in [2.45, 2.75) is 13.3 Å². The first-order valence-corrected chi connectivity index (χ1v) is 8.71. The van der Waals surface area contributed by atoms with Crippen LogP contribution < -0.4 is 4.74 Å². The van der Waals surface area contributed by atoms with E-state index < -0.39 is 5.97 Å². The third kappa shape index (κ3) is 5.23. The fourth-order valence-corrected chi connectivity index (χ4v) is 2.39. The van der Waals surface area contributed by atoms with Crippen LogP contribution in [0.2, 0.25) is 0 Å². The second kappa shape index (κ2) is 9.40. The molecule has 8 heteroatoms. The van der Waals surface area contributed by atoms with Crippen molar-refractivity contribution in [1.29, 1.82) is 0 Å². The number of hydrogen-bond acceptors (Lipinski definition) is 6. The molecule has 0 bridgehead atoms. The van der Waals surface area contributed by atoms with Gasteiger partial charge in [-0.15, -0.1) is 5.10 Å². The van der Waals surface area contributed by atoms with Crippen LogP contribution in [0.15, 0.2) is 54.6 Å². The average Bonchev–Trinajstić information content (AvgIpc) is 3.13. The van der Waals surface area contributed by atoms with Crippen molar-refractivity contribution >= 4 is 17.7 Å². The SMILES string of the molecule is Cc1nnnn1/C(=C\c1ccccc1)C(=O)OCCCOc1ccc(F)cc1. The standard InChI is InChI=1S/C20H19FN4O3/c1-15-22-23-24-25(15)19(14-16-6-3-2-4-7-16)20(26)28-13-5-12-27-18-10-8-17(21)9-11-18/h2-4,6-11,14H,5,12-13H2,1H3/b19-14-. The van der Waals surface area contributed by atoms with Crippen LogP contribution in [0.5, 0.6) is 5.75 Å². The fourth-order valence-electron chi connectivity index (χ4n) is 2.39. The van der Waals surface area contributed by atoms with Gasteiger partial charge in [0.2, 0.25) is 0 Å². The summed E-state index contributed by atoms with van der Waals surface area (Å²) < 4.78 is 25.0. The quantitative estimate of drug-likeness (QED) is 0.338. The first-order valence-electron chi connectivity index (χ1n) is 8.71. The van der Waals surface area contributed by atoms with Crippen molar-refractivity contribution < 1.29 is 18.7 Å². The Balaban J connectivity index is 1.58. The molecule has 0 radical (unpaired) electrons. The van der Waals surface area contributed by atoms with Crippen molar-refractivity contribution in [3.8, 4) is 5.75 Å². The number of ether oxygens (including phenoxy) is 2. The van der Waals surface area contributed by atoms with Gasteiger partial charge in [0.05, 0.1) is 13.2 Å². The first kappa shape index (κ1) is 19.2. The molecule has 0 aliphatic rings. The van der Waals surface area contributed by atoms with E-state index in [9.17, 15) is 9.18 Å². The number of aryl methyl sites for hydroxylation is 1. The lowest BCUT2D eigenvalue weighted by atomic mass is 10.2. The number of tetrazole rings is 1. The Labute approximate surface area is 161 Å². The number of carbonyl (C=O) groups is 1. The predicted octanol–water partition coefficient (Wildman–Crippen LogP) is 3.13. The summed E-state index contributed by atoms with van der Waals surface area (Å²) in [5.74, 6) is 0.165. The molecule has 3 rings (SSSR count). The van der Waals surface area contributed by atoms with Gasteiger partial charge in [-0.25, -0.2) is 9.18 Å². The van der Waals surface area contributed by atoms with Crippen LogP contribution in [0.1, 0.15) is 17.8 Å². The Kier molecular flexibility index (Phi) is 6.46. The zero-order valence-electron chi connectivity index (χ0n) is 15.3. The van der Waals surface area contributed by atoms with Gasteiger partial charge in [-0.2, -0.15) is 4.68 Å². The molecule has 0 saturated carbocycles. The third-order valence-corrected chi connectivity index (χ3v) is 3.77. The molecule has 1 heterocycles. The maximum atomic E-state index is 12.9. The van der Waals surface area contributed by atoms with Crippen molar-refractivity contribution in [2.24, 2.45) is 0 Å². The molecule has 0 amide bonds. The highest BCUT2D eigenvalue weighted by molar-refractivity contribution is 6.15. The smallest absolute Gasteiger partial charge is 0.357 e. The highest BCUT2D eigenvalue weighted by Crippen LogP contribution is 2.14. The number of aromatic nitrogens is 4. The van der Waals surface area contributed by atoms with Crippen LogP contribution in [-0.2, 0) is 9.53 Å². The van der Waals surface area contributed by atoms with Crippen LogP contribution in [0.4, 0.5) is 4.39 Å². The topological polar surface area (TPSA) is 79.1 Å². The summed E-state index contributed by atoms with van der Waals surface area (Å²) in [7, 11) is 0. The molecule has 28 heavy (non-hydrogen) atoms. The van der Waals surface area contributed by atoms with E-state index in [1.165, 1.54) is 16.8 Å². The van der Waals surface area contributed by atoms with Crippen LogP contribution in [0, 0.1) is 12.7 Å². The van der Waals surface area contributed by atoms with Crippen LogP contribution in [0.3, 0.4) is 0 Å². The lowest BCUT2D eigenvalue weighted by molar-refractivity contribution is -0.137. The summed E-state index contributed by atoms with van der Waals surface area (Å²) in [5.41, 5.74) is 1.04. The Morgan fingerprint density at radius 2 is 1.86 bits per heavy atom. The summed E-state index contributed by atoms with van der Waals surface area (Å²) in [5, 5.41) is 11.3. The zero-order valence-corrected chi connectivity index (χ0v) is 15.3. The largest absolute Gasteiger partial charge is 0.493 e. The van der Waals surface area contributed by atoms with Gasteiger partial charge >= 0.3 is 5.97 Å². The van der Waals surface area contributed by atoms with Crippen molar-refractivity contribution in [2.75, 3.05) is 13.2 Å². The number of esters is 1.